The van der Waals surface area contributed by atoms with Gasteiger partial charge in [0.25, 0.3) is 11.9 Å². The van der Waals surface area contributed by atoms with Gasteiger partial charge in [-0.25, -0.2) is 0 Å². The molecular weight excluding hydrogens is 164 g/mol. The van der Waals surface area contributed by atoms with Crippen LogP contribution in [0.5, 0.6) is 0 Å². The number of carbonyl (C=O) groups excluding carboxylic acids is 2. The minimum atomic E-state index is -2.03. The highest BCUT2D eigenvalue weighted by Gasteiger charge is 2.16. The highest BCUT2D eigenvalue weighted by atomic mass is 28.3. The molecule has 0 amide bonds. The third-order valence-electron chi connectivity index (χ3n) is 0.928. The fourth-order valence-corrected chi connectivity index (χ4v) is 1.68. The van der Waals surface area contributed by atoms with E-state index >= 15 is 0 Å². The van der Waals surface area contributed by atoms with Crippen LogP contribution in [0.1, 0.15) is 20.8 Å². The summed E-state index contributed by atoms with van der Waals surface area (Å²) in [6, 6.07) is 0.610. The van der Waals surface area contributed by atoms with E-state index in [1.54, 1.807) is 0 Å². The van der Waals surface area contributed by atoms with Gasteiger partial charge >= 0.3 is 9.28 Å². The largest absolute Gasteiger partial charge is 0.487 e. The standard InChI is InChI=1S/C6H12O4Si/c1-4-11(9-5(2)7)10-6(3)8/h11H,4H2,1-3H3. The van der Waals surface area contributed by atoms with E-state index in [9.17, 15) is 9.59 Å². The summed E-state index contributed by atoms with van der Waals surface area (Å²) in [5, 5.41) is 0. The third kappa shape index (κ3) is 5.59. The molecule has 0 rings (SSSR count). The zero-order valence-corrected chi connectivity index (χ0v) is 8.07. The number of rotatable bonds is 3. The Morgan fingerprint density at radius 1 is 1.18 bits per heavy atom. The molecule has 0 N–H and O–H groups in total. The van der Waals surface area contributed by atoms with Crippen molar-refractivity contribution in [1.82, 2.24) is 0 Å². The summed E-state index contributed by atoms with van der Waals surface area (Å²) in [4.78, 5) is 20.8. The Labute approximate surface area is 67.3 Å². The van der Waals surface area contributed by atoms with Crippen LogP contribution < -0.4 is 0 Å². The first-order chi connectivity index (χ1) is 5.06. The molecule has 0 saturated carbocycles. The second-order valence-corrected chi connectivity index (χ2v) is 4.20. The molecule has 0 heterocycles. The van der Waals surface area contributed by atoms with Crippen LogP contribution in [0.4, 0.5) is 0 Å². The monoisotopic (exact) mass is 176 g/mol. The predicted molar refractivity (Wildman–Crippen MR) is 41.2 cm³/mol. The molecule has 0 aliphatic carbocycles. The number of hydrogen-bond acceptors (Lipinski definition) is 4. The maximum absolute atomic E-state index is 10.4. The van der Waals surface area contributed by atoms with Crippen molar-refractivity contribution in [1.29, 1.82) is 0 Å². The van der Waals surface area contributed by atoms with Gasteiger partial charge < -0.3 is 8.85 Å². The smallest absolute Gasteiger partial charge is 0.447 e. The zero-order valence-electron chi connectivity index (χ0n) is 6.92. The van der Waals surface area contributed by atoms with E-state index in [1.807, 2.05) is 6.92 Å². The van der Waals surface area contributed by atoms with E-state index in [4.69, 9.17) is 8.85 Å². The van der Waals surface area contributed by atoms with Crippen molar-refractivity contribution in [3.05, 3.63) is 0 Å². The van der Waals surface area contributed by atoms with Gasteiger partial charge in [-0.3, -0.25) is 9.59 Å². The summed E-state index contributed by atoms with van der Waals surface area (Å²) in [6.07, 6.45) is 0. The molecule has 0 aromatic carbocycles. The van der Waals surface area contributed by atoms with E-state index < -0.39 is 9.28 Å². The van der Waals surface area contributed by atoms with Crippen molar-refractivity contribution in [3.8, 4) is 0 Å². The molecule has 4 nitrogen and oxygen atoms in total. The molecule has 11 heavy (non-hydrogen) atoms. The Morgan fingerprint density at radius 3 is 1.73 bits per heavy atom. The summed E-state index contributed by atoms with van der Waals surface area (Å²) >= 11 is 0. The van der Waals surface area contributed by atoms with Crippen LogP contribution in [0.2, 0.25) is 6.04 Å². The van der Waals surface area contributed by atoms with Crippen molar-refractivity contribution in [3.63, 3.8) is 0 Å². The molecule has 0 fully saturated rings. The fraction of sp³-hybridized carbons (Fsp3) is 0.667. The van der Waals surface area contributed by atoms with Gasteiger partial charge in [0.1, 0.15) is 0 Å². The molecule has 0 atom stereocenters. The SMILES string of the molecule is CC[SiH](OC(C)=O)OC(C)=O. The van der Waals surface area contributed by atoms with Crippen LogP contribution in [0.3, 0.4) is 0 Å². The van der Waals surface area contributed by atoms with Crippen molar-refractivity contribution in [2.24, 2.45) is 0 Å². The van der Waals surface area contributed by atoms with E-state index in [2.05, 4.69) is 0 Å². The topological polar surface area (TPSA) is 52.6 Å². The molecule has 0 unspecified atom stereocenters. The quantitative estimate of drug-likeness (QED) is 0.582. The molecule has 5 heteroatoms. The Kier molecular flexibility index (Phi) is 4.52. The van der Waals surface area contributed by atoms with Crippen molar-refractivity contribution < 1.29 is 18.4 Å². The first-order valence-electron chi connectivity index (χ1n) is 3.40. The maximum atomic E-state index is 10.4. The van der Waals surface area contributed by atoms with Crippen LogP contribution in [-0.4, -0.2) is 21.2 Å². The Balaban J connectivity index is 3.76. The molecule has 64 valence electrons. The lowest BCUT2D eigenvalue weighted by Crippen LogP contribution is -2.26. The van der Waals surface area contributed by atoms with E-state index in [0.29, 0.717) is 6.04 Å². The molecule has 0 bridgehead atoms. The molecular formula is C6H12O4Si. The average molecular weight is 176 g/mol. The predicted octanol–water partition coefficient (Wildman–Crippen LogP) is 0.353. The van der Waals surface area contributed by atoms with E-state index in [-0.39, 0.29) is 11.9 Å². The highest BCUT2D eigenvalue weighted by molar-refractivity contribution is 6.48. The second kappa shape index (κ2) is 4.89. The van der Waals surface area contributed by atoms with Crippen LogP contribution in [0.25, 0.3) is 0 Å². The molecule has 0 saturated heterocycles. The lowest BCUT2D eigenvalue weighted by Gasteiger charge is -2.11. The van der Waals surface area contributed by atoms with Crippen LogP contribution in [-0.2, 0) is 18.4 Å². The third-order valence-corrected chi connectivity index (χ3v) is 2.78. The summed E-state index contributed by atoms with van der Waals surface area (Å²) in [5.74, 6) is -0.769. The summed E-state index contributed by atoms with van der Waals surface area (Å²) in [6.45, 7) is 4.43. The van der Waals surface area contributed by atoms with Crippen LogP contribution >= 0.6 is 0 Å². The van der Waals surface area contributed by atoms with Gasteiger partial charge in [0.15, 0.2) is 0 Å². The van der Waals surface area contributed by atoms with Gasteiger partial charge in [0.2, 0.25) is 0 Å². The van der Waals surface area contributed by atoms with Crippen molar-refractivity contribution in [2.75, 3.05) is 0 Å². The second-order valence-electron chi connectivity index (χ2n) is 2.06. The number of hydrogen-bond donors (Lipinski definition) is 0. The number of carbonyl (C=O) groups is 2. The van der Waals surface area contributed by atoms with Crippen LogP contribution in [0.15, 0.2) is 0 Å². The lowest BCUT2D eigenvalue weighted by molar-refractivity contribution is -0.137. The van der Waals surface area contributed by atoms with Gasteiger partial charge in [0.05, 0.1) is 0 Å². The first kappa shape index (κ1) is 10.2. The van der Waals surface area contributed by atoms with Gasteiger partial charge in [0, 0.05) is 19.9 Å². The molecule has 0 aliphatic rings. The van der Waals surface area contributed by atoms with E-state index in [0.717, 1.165) is 0 Å². The maximum Gasteiger partial charge on any atom is 0.447 e. The Bertz CT molecular complexity index is 141. The first-order valence-corrected chi connectivity index (χ1v) is 5.16. The zero-order chi connectivity index (χ0) is 8.85. The highest BCUT2D eigenvalue weighted by Crippen LogP contribution is 1.96. The van der Waals surface area contributed by atoms with Crippen molar-refractivity contribution in [2.45, 2.75) is 26.8 Å². The molecule has 0 aromatic rings. The van der Waals surface area contributed by atoms with Gasteiger partial charge in [-0.2, -0.15) is 0 Å². The van der Waals surface area contributed by atoms with Gasteiger partial charge in [-0.15, -0.1) is 0 Å². The molecule has 0 aromatic heterocycles. The minimum Gasteiger partial charge on any atom is -0.487 e. The van der Waals surface area contributed by atoms with Gasteiger partial charge in [-0.1, -0.05) is 6.92 Å². The summed E-state index contributed by atoms with van der Waals surface area (Å²) < 4.78 is 9.53. The minimum absolute atomic E-state index is 0.384. The fourth-order valence-electron chi connectivity index (χ4n) is 0.561. The Hall–Kier alpha value is -0.843. The van der Waals surface area contributed by atoms with E-state index in [1.165, 1.54) is 13.8 Å². The summed E-state index contributed by atoms with van der Waals surface area (Å²) in [5.41, 5.74) is 0. The van der Waals surface area contributed by atoms with Crippen molar-refractivity contribution >= 4 is 21.2 Å². The average Bonchev–Trinajstić information content (AvgIpc) is 1.84. The summed E-state index contributed by atoms with van der Waals surface area (Å²) in [7, 11) is -2.03. The van der Waals surface area contributed by atoms with Crippen LogP contribution in [0, 0.1) is 0 Å². The Morgan fingerprint density at radius 2 is 1.55 bits per heavy atom. The van der Waals surface area contributed by atoms with Gasteiger partial charge in [-0.05, 0) is 0 Å². The lowest BCUT2D eigenvalue weighted by atomic mass is 10.9. The molecule has 0 radical (unpaired) electrons. The normalized spacial score (nSPS) is 9.45. The molecule has 0 spiro atoms. The molecule has 0 aliphatic heterocycles.